The lowest BCUT2D eigenvalue weighted by atomic mass is 9.94. The van der Waals surface area contributed by atoms with Crippen LogP contribution in [0, 0.1) is 0 Å². The number of halogens is 1. The summed E-state index contributed by atoms with van der Waals surface area (Å²) >= 11 is 3.63. The molecule has 1 aromatic carbocycles. The fourth-order valence-corrected chi connectivity index (χ4v) is 2.99. The largest absolute Gasteiger partial charge is 0.493 e. The van der Waals surface area contributed by atoms with E-state index in [1.807, 2.05) is 26.0 Å². The molecule has 1 aromatic rings. The molecule has 0 bridgehead atoms. The molecule has 0 unspecified atom stereocenters. The van der Waals surface area contributed by atoms with Crippen LogP contribution in [0.3, 0.4) is 0 Å². The molecule has 0 amide bonds. The van der Waals surface area contributed by atoms with Crippen molar-refractivity contribution in [3.05, 3.63) is 22.2 Å². The van der Waals surface area contributed by atoms with Crippen molar-refractivity contribution in [1.82, 2.24) is 0 Å². The monoisotopic (exact) mass is 313 g/mol. The van der Waals surface area contributed by atoms with Crippen LogP contribution in [-0.2, 0) is 5.41 Å². The van der Waals surface area contributed by atoms with Gasteiger partial charge in [-0.25, -0.2) is 0 Å². The van der Waals surface area contributed by atoms with Crippen molar-refractivity contribution in [2.75, 3.05) is 13.7 Å². The molecule has 0 heterocycles. The predicted molar refractivity (Wildman–Crippen MR) is 76.4 cm³/mol. The number of rotatable bonds is 5. The molecule has 4 heteroatoms. The maximum atomic E-state index is 5.97. The van der Waals surface area contributed by atoms with Gasteiger partial charge in [0.1, 0.15) is 0 Å². The van der Waals surface area contributed by atoms with Gasteiger partial charge in [-0.3, -0.25) is 0 Å². The van der Waals surface area contributed by atoms with Gasteiger partial charge < -0.3 is 15.2 Å². The Labute approximate surface area is 117 Å². The average Bonchev–Trinajstić information content (AvgIpc) is 3.10. The Bertz CT molecular complexity index is 442. The summed E-state index contributed by atoms with van der Waals surface area (Å²) in [6, 6.07) is 3.94. The summed E-state index contributed by atoms with van der Waals surface area (Å²) in [6.07, 6.45) is 2.34. The van der Waals surface area contributed by atoms with Gasteiger partial charge in [0.25, 0.3) is 0 Å². The zero-order valence-electron chi connectivity index (χ0n) is 11.1. The number of benzene rings is 1. The second-order valence-corrected chi connectivity index (χ2v) is 5.96. The highest BCUT2D eigenvalue weighted by Gasteiger charge is 2.47. The summed E-state index contributed by atoms with van der Waals surface area (Å²) in [4.78, 5) is 0. The third kappa shape index (κ3) is 2.36. The van der Waals surface area contributed by atoms with E-state index in [-0.39, 0.29) is 11.5 Å². The second kappa shape index (κ2) is 5.10. The zero-order valence-corrected chi connectivity index (χ0v) is 12.7. The Balaban J connectivity index is 2.54. The summed E-state index contributed by atoms with van der Waals surface area (Å²) in [5.74, 6) is 1.62. The predicted octanol–water partition coefficient (Wildman–Crippen LogP) is 3.24. The van der Waals surface area contributed by atoms with E-state index in [4.69, 9.17) is 15.2 Å². The van der Waals surface area contributed by atoms with Gasteiger partial charge in [0.15, 0.2) is 11.5 Å². The minimum absolute atomic E-state index is 0.0671. The number of methoxy groups -OCH3 is 1. The van der Waals surface area contributed by atoms with Crippen molar-refractivity contribution < 1.29 is 9.47 Å². The van der Waals surface area contributed by atoms with E-state index in [2.05, 4.69) is 15.9 Å². The van der Waals surface area contributed by atoms with Crippen molar-refractivity contribution in [2.45, 2.75) is 38.2 Å². The fourth-order valence-electron chi connectivity index (χ4n) is 2.25. The van der Waals surface area contributed by atoms with E-state index in [0.29, 0.717) is 6.54 Å². The Morgan fingerprint density at radius 2 is 2.06 bits per heavy atom. The highest BCUT2D eigenvalue weighted by molar-refractivity contribution is 9.10. The van der Waals surface area contributed by atoms with Crippen LogP contribution >= 0.6 is 15.9 Å². The van der Waals surface area contributed by atoms with Crippen molar-refractivity contribution in [2.24, 2.45) is 5.73 Å². The van der Waals surface area contributed by atoms with E-state index in [0.717, 1.165) is 34.4 Å². The Morgan fingerprint density at radius 3 is 2.50 bits per heavy atom. The van der Waals surface area contributed by atoms with E-state index >= 15 is 0 Å². The van der Waals surface area contributed by atoms with Crippen molar-refractivity contribution >= 4 is 15.9 Å². The SMILES string of the molecule is COc1ccc(Br)c(C2(CN)CC2)c1OC(C)C. The van der Waals surface area contributed by atoms with Crippen molar-refractivity contribution in [3.63, 3.8) is 0 Å². The number of ether oxygens (including phenoxy) is 2. The summed E-state index contributed by atoms with van der Waals surface area (Å²) in [6.45, 7) is 4.69. The highest BCUT2D eigenvalue weighted by atomic mass is 79.9. The molecule has 0 atom stereocenters. The lowest BCUT2D eigenvalue weighted by Gasteiger charge is -2.23. The molecule has 18 heavy (non-hydrogen) atoms. The molecule has 2 N–H and O–H groups in total. The van der Waals surface area contributed by atoms with Crippen LogP contribution in [0.15, 0.2) is 16.6 Å². The Kier molecular flexibility index (Phi) is 3.87. The van der Waals surface area contributed by atoms with Gasteiger partial charge >= 0.3 is 0 Å². The maximum absolute atomic E-state index is 5.97. The quantitative estimate of drug-likeness (QED) is 0.907. The maximum Gasteiger partial charge on any atom is 0.166 e. The molecule has 1 fully saturated rings. The first-order chi connectivity index (χ1) is 8.54. The first-order valence-corrected chi connectivity index (χ1v) is 7.07. The highest BCUT2D eigenvalue weighted by Crippen LogP contribution is 2.55. The minimum Gasteiger partial charge on any atom is -0.493 e. The minimum atomic E-state index is 0.0671. The topological polar surface area (TPSA) is 44.5 Å². The smallest absolute Gasteiger partial charge is 0.166 e. The normalized spacial score (nSPS) is 16.8. The molecule has 0 spiro atoms. The number of nitrogens with two attached hydrogens (primary N) is 1. The van der Waals surface area contributed by atoms with E-state index < -0.39 is 0 Å². The molecule has 3 nitrogen and oxygen atoms in total. The lowest BCUT2D eigenvalue weighted by molar-refractivity contribution is 0.225. The number of hydrogen-bond acceptors (Lipinski definition) is 3. The van der Waals surface area contributed by atoms with Gasteiger partial charge in [0.05, 0.1) is 13.2 Å². The van der Waals surface area contributed by atoms with E-state index in [1.165, 1.54) is 0 Å². The fraction of sp³-hybridized carbons (Fsp3) is 0.571. The molecule has 2 rings (SSSR count). The Hall–Kier alpha value is -0.740. The molecular weight excluding hydrogens is 294 g/mol. The van der Waals surface area contributed by atoms with Crippen LogP contribution in [0.5, 0.6) is 11.5 Å². The Morgan fingerprint density at radius 1 is 1.39 bits per heavy atom. The lowest BCUT2D eigenvalue weighted by Crippen LogP contribution is -2.22. The average molecular weight is 314 g/mol. The van der Waals surface area contributed by atoms with Gasteiger partial charge in [-0.1, -0.05) is 15.9 Å². The van der Waals surface area contributed by atoms with Crippen LogP contribution in [0.25, 0.3) is 0 Å². The first-order valence-electron chi connectivity index (χ1n) is 6.28. The molecule has 1 saturated carbocycles. The van der Waals surface area contributed by atoms with E-state index in [1.54, 1.807) is 7.11 Å². The summed E-state index contributed by atoms with van der Waals surface area (Å²) in [5, 5.41) is 0. The molecule has 0 aliphatic heterocycles. The molecule has 0 radical (unpaired) electrons. The van der Waals surface area contributed by atoms with Gasteiger partial charge in [-0.05, 0) is 38.8 Å². The van der Waals surface area contributed by atoms with Crippen LogP contribution in [0.4, 0.5) is 0 Å². The molecule has 1 aliphatic carbocycles. The zero-order chi connectivity index (χ0) is 13.3. The molecule has 0 aromatic heterocycles. The molecule has 1 aliphatic rings. The van der Waals surface area contributed by atoms with E-state index in [9.17, 15) is 0 Å². The van der Waals surface area contributed by atoms with Gasteiger partial charge in [-0.2, -0.15) is 0 Å². The van der Waals surface area contributed by atoms with Crippen LogP contribution in [0.1, 0.15) is 32.3 Å². The molecule has 0 saturated heterocycles. The summed E-state index contributed by atoms with van der Waals surface area (Å²) in [5.41, 5.74) is 7.18. The van der Waals surface area contributed by atoms with Gasteiger partial charge in [0.2, 0.25) is 0 Å². The van der Waals surface area contributed by atoms with Gasteiger partial charge in [0, 0.05) is 22.0 Å². The first kappa shape index (κ1) is 13.7. The molecular formula is C14H20BrNO2. The summed E-state index contributed by atoms with van der Waals surface area (Å²) < 4.78 is 12.4. The van der Waals surface area contributed by atoms with Crippen molar-refractivity contribution in [1.29, 1.82) is 0 Å². The van der Waals surface area contributed by atoms with Crippen LogP contribution in [0.2, 0.25) is 0 Å². The van der Waals surface area contributed by atoms with Gasteiger partial charge in [-0.15, -0.1) is 0 Å². The second-order valence-electron chi connectivity index (χ2n) is 5.10. The van der Waals surface area contributed by atoms with Crippen molar-refractivity contribution in [3.8, 4) is 11.5 Å². The summed E-state index contributed by atoms with van der Waals surface area (Å²) in [7, 11) is 1.67. The third-order valence-electron chi connectivity index (χ3n) is 3.42. The number of hydrogen-bond donors (Lipinski definition) is 1. The third-order valence-corrected chi connectivity index (χ3v) is 4.08. The van der Waals surface area contributed by atoms with Crippen LogP contribution < -0.4 is 15.2 Å². The molecule has 100 valence electrons. The standard InChI is InChI=1S/C14H20BrNO2/c1-9(2)18-13-11(17-3)5-4-10(15)12(13)14(8-16)6-7-14/h4-5,9H,6-8,16H2,1-3H3. The van der Waals surface area contributed by atoms with Crippen LogP contribution in [-0.4, -0.2) is 19.8 Å².